The number of ether oxygens (including phenoxy) is 3. The molecule has 0 bridgehead atoms. The third-order valence-corrected chi connectivity index (χ3v) is 4.70. The largest absolute Gasteiger partial charge is 0.483 e. The summed E-state index contributed by atoms with van der Waals surface area (Å²) in [6.07, 6.45) is 1.70. The number of esters is 1. The molecule has 1 aromatic heterocycles. The van der Waals surface area contributed by atoms with Crippen molar-refractivity contribution in [2.75, 3.05) is 31.7 Å². The summed E-state index contributed by atoms with van der Waals surface area (Å²) in [7, 11) is 0. The predicted molar refractivity (Wildman–Crippen MR) is 121 cm³/mol. The molecule has 8 heteroatoms. The molecule has 1 N–H and O–H groups in total. The van der Waals surface area contributed by atoms with Gasteiger partial charge < -0.3 is 24.1 Å². The molecule has 0 aliphatic rings. The number of amides is 1. The standard InChI is InChI=1S/C24H26N2O6/c1-3-30-15-14-26-13-12-19-20(23(26)28)6-5-7-21(19)32-16-22(27)25-18-10-8-17(9-11-18)24(29)31-4-2/h5-13H,3-4,14-16H2,1-2H3,(H,25,27). The van der Waals surface area contributed by atoms with Crippen LogP contribution in [0.5, 0.6) is 5.75 Å². The van der Waals surface area contributed by atoms with Crippen molar-refractivity contribution in [2.24, 2.45) is 0 Å². The van der Waals surface area contributed by atoms with Crippen molar-refractivity contribution in [3.63, 3.8) is 0 Å². The number of carbonyl (C=O) groups excluding carboxylic acids is 2. The minimum absolute atomic E-state index is 0.140. The molecular formula is C24H26N2O6. The lowest BCUT2D eigenvalue weighted by Gasteiger charge is -2.12. The van der Waals surface area contributed by atoms with Gasteiger partial charge >= 0.3 is 5.97 Å². The molecule has 0 saturated carbocycles. The maximum absolute atomic E-state index is 12.7. The molecule has 168 valence electrons. The third kappa shape index (κ3) is 5.73. The molecule has 0 spiro atoms. The van der Waals surface area contributed by atoms with E-state index in [0.29, 0.717) is 54.1 Å². The van der Waals surface area contributed by atoms with Crippen LogP contribution in [0.25, 0.3) is 10.8 Å². The Morgan fingerprint density at radius 2 is 1.75 bits per heavy atom. The van der Waals surface area contributed by atoms with Crippen molar-refractivity contribution in [3.05, 3.63) is 70.6 Å². The number of nitrogens with zero attached hydrogens (tertiary/aromatic N) is 1. The highest BCUT2D eigenvalue weighted by atomic mass is 16.5. The van der Waals surface area contributed by atoms with Crippen LogP contribution in [0.3, 0.4) is 0 Å². The summed E-state index contributed by atoms with van der Waals surface area (Å²) in [4.78, 5) is 36.7. The molecule has 0 aliphatic carbocycles. The van der Waals surface area contributed by atoms with Crippen LogP contribution in [0.4, 0.5) is 5.69 Å². The molecule has 3 aromatic rings. The van der Waals surface area contributed by atoms with Crippen molar-refractivity contribution < 1.29 is 23.8 Å². The van der Waals surface area contributed by atoms with Crippen molar-refractivity contribution in [1.29, 1.82) is 0 Å². The summed E-state index contributed by atoms with van der Waals surface area (Å²) in [5, 5.41) is 3.86. The van der Waals surface area contributed by atoms with E-state index in [1.165, 1.54) is 0 Å². The van der Waals surface area contributed by atoms with Gasteiger partial charge in [0.1, 0.15) is 5.75 Å². The fourth-order valence-corrected chi connectivity index (χ4v) is 3.14. The quantitative estimate of drug-likeness (QED) is 0.386. The highest BCUT2D eigenvalue weighted by molar-refractivity contribution is 5.94. The Kier molecular flexibility index (Phi) is 7.99. The third-order valence-electron chi connectivity index (χ3n) is 4.70. The number of rotatable bonds is 10. The SMILES string of the molecule is CCOCCn1ccc2c(OCC(=O)Nc3ccc(C(=O)OCC)cc3)cccc2c1=O. The molecule has 2 aromatic carbocycles. The molecule has 0 aliphatic heterocycles. The lowest BCUT2D eigenvalue weighted by molar-refractivity contribution is -0.118. The monoisotopic (exact) mass is 438 g/mol. The van der Waals surface area contributed by atoms with Gasteiger partial charge in [-0.05, 0) is 56.3 Å². The van der Waals surface area contributed by atoms with Gasteiger partial charge in [0.25, 0.3) is 11.5 Å². The summed E-state index contributed by atoms with van der Waals surface area (Å²) < 4.78 is 17.5. The van der Waals surface area contributed by atoms with Crippen LogP contribution < -0.4 is 15.6 Å². The van der Waals surface area contributed by atoms with Crippen LogP contribution >= 0.6 is 0 Å². The van der Waals surface area contributed by atoms with Crippen LogP contribution in [-0.2, 0) is 20.8 Å². The van der Waals surface area contributed by atoms with Gasteiger partial charge in [-0.15, -0.1) is 0 Å². The van der Waals surface area contributed by atoms with Crippen LogP contribution in [0.1, 0.15) is 24.2 Å². The summed E-state index contributed by atoms with van der Waals surface area (Å²) in [5.74, 6) is -0.332. The fraction of sp³-hybridized carbons (Fsp3) is 0.292. The molecule has 0 saturated heterocycles. The van der Waals surface area contributed by atoms with E-state index < -0.39 is 5.97 Å². The molecule has 0 unspecified atom stereocenters. The van der Waals surface area contributed by atoms with Gasteiger partial charge in [-0.3, -0.25) is 9.59 Å². The second-order valence-electron chi connectivity index (χ2n) is 6.86. The van der Waals surface area contributed by atoms with Crippen molar-refractivity contribution in [1.82, 2.24) is 4.57 Å². The molecular weight excluding hydrogens is 412 g/mol. The van der Waals surface area contributed by atoms with Gasteiger partial charge in [-0.2, -0.15) is 0 Å². The zero-order valence-corrected chi connectivity index (χ0v) is 18.1. The smallest absolute Gasteiger partial charge is 0.338 e. The second-order valence-corrected chi connectivity index (χ2v) is 6.86. The Bertz CT molecular complexity index is 1140. The van der Waals surface area contributed by atoms with Crippen LogP contribution in [-0.4, -0.2) is 42.9 Å². The minimum Gasteiger partial charge on any atom is -0.483 e. The summed E-state index contributed by atoms with van der Waals surface area (Å²) in [6.45, 7) is 5.22. The topological polar surface area (TPSA) is 95.9 Å². The van der Waals surface area contributed by atoms with Gasteiger partial charge in [0.05, 0.1) is 24.2 Å². The highest BCUT2D eigenvalue weighted by Gasteiger charge is 2.11. The Balaban J connectivity index is 1.64. The maximum atomic E-state index is 12.7. The van der Waals surface area contributed by atoms with E-state index in [2.05, 4.69) is 5.32 Å². The van der Waals surface area contributed by atoms with Gasteiger partial charge in [0.15, 0.2) is 6.61 Å². The predicted octanol–water partition coefficient (Wildman–Crippen LogP) is 3.23. The lowest BCUT2D eigenvalue weighted by atomic mass is 10.1. The molecule has 0 fully saturated rings. The Morgan fingerprint density at radius 3 is 2.47 bits per heavy atom. The Labute approximate surface area is 185 Å². The van der Waals surface area contributed by atoms with Gasteiger partial charge in [-0.25, -0.2) is 4.79 Å². The number of nitrogens with one attached hydrogen (secondary N) is 1. The zero-order valence-electron chi connectivity index (χ0n) is 18.1. The lowest BCUT2D eigenvalue weighted by Crippen LogP contribution is -2.22. The number of hydrogen-bond acceptors (Lipinski definition) is 6. The first-order chi connectivity index (χ1) is 15.5. The number of carbonyl (C=O) groups is 2. The molecule has 1 heterocycles. The summed E-state index contributed by atoms with van der Waals surface area (Å²) >= 11 is 0. The number of anilines is 1. The summed E-state index contributed by atoms with van der Waals surface area (Å²) in [6, 6.07) is 13.4. The normalized spacial score (nSPS) is 10.7. The molecule has 0 atom stereocenters. The van der Waals surface area contributed by atoms with Crippen molar-refractivity contribution in [3.8, 4) is 5.75 Å². The fourth-order valence-electron chi connectivity index (χ4n) is 3.14. The Morgan fingerprint density at radius 1 is 0.969 bits per heavy atom. The van der Waals surface area contributed by atoms with E-state index >= 15 is 0 Å². The van der Waals surface area contributed by atoms with E-state index in [1.807, 2.05) is 6.92 Å². The van der Waals surface area contributed by atoms with Gasteiger partial charge in [-0.1, -0.05) is 6.07 Å². The second kappa shape index (κ2) is 11.1. The molecule has 0 radical (unpaired) electrons. The van der Waals surface area contributed by atoms with Crippen LogP contribution in [0.2, 0.25) is 0 Å². The van der Waals surface area contributed by atoms with Crippen molar-refractivity contribution in [2.45, 2.75) is 20.4 Å². The van der Waals surface area contributed by atoms with Crippen LogP contribution in [0.15, 0.2) is 59.5 Å². The number of pyridine rings is 1. The summed E-state index contributed by atoms with van der Waals surface area (Å²) in [5.41, 5.74) is 0.796. The van der Waals surface area contributed by atoms with E-state index in [1.54, 1.807) is 66.2 Å². The number of benzene rings is 2. The minimum atomic E-state index is -0.415. The first-order valence-corrected chi connectivity index (χ1v) is 10.4. The van der Waals surface area contributed by atoms with Crippen molar-refractivity contribution >= 4 is 28.3 Å². The van der Waals surface area contributed by atoms with Crippen LogP contribution in [0, 0.1) is 0 Å². The molecule has 3 rings (SSSR count). The first kappa shape index (κ1) is 23.0. The van der Waals surface area contributed by atoms with E-state index in [-0.39, 0.29) is 18.1 Å². The number of fused-ring (bicyclic) bond motifs is 1. The van der Waals surface area contributed by atoms with E-state index in [9.17, 15) is 14.4 Å². The molecule has 8 nitrogen and oxygen atoms in total. The van der Waals surface area contributed by atoms with Gasteiger partial charge in [0, 0.05) is 30.4 Å². The average Bonchev–Trinajstić information content (AvgIpc) is 2.80. The maximum Gasteiger partial charge on any atom is 0.338 e. The van der Waals surface area contributed by atoms with Gasteiger partial charge in [0.2, 0.25) is 0 Å². The molecule has 1 amide bonds. The Hall–Kier alpha value is -3.65. The zero-order chi connectivity index (χ0) is 22.9. The number of hydrogen-bond donors (Lipinski definition) is 1. The van der Waals surface area contributed by atoms with E-state index in [4.69, 9.17) is 14.2 Å². The van der Waals surface area contributed by atoms with E-state index in [0.717, 1.165) is 0 Å². The average molecular weight is 438 g/mol. The number of aromatic nitrogens is 1. The highest BCUT2D eigenvalue weighted by Crippen LogP contribution is 2.23. The molecule has 32 heavy (non-hydrogen) atoms. The first-order valence-electron chi connectivity index (χ1n) is 10.4.